The first-order valence-electron chi connectivity index (χ1n) is 10.7. The van der Waals surface area contributed by atoms with Gasteiger partial charge in [-0.05, 0) is 44.8 Å². The second-order valence-electron chi connectivity index (χ2n) is 7.64. The van der Waals surface area contributed by atoms with Crippen molar-refractivity contribution in [2.75, 3.05) is 48.6 Å². The van der Waals surface area contributed by atoms with Crippen molar-refractivity contribution in [1.29, 1.82) is 0 Å². The first kappa shape index (κ1) is 24.8. The zero-order valence-corrected chi connectivity index (χ0v) is 20.0. The van der Waals surface area contributed by atoms with Crippen molar-refractivity contribution >= 4 is 11.9 Å². The fourth-order valence-electron chi connectivity index (χ4n) is 3.51. The average Bonchev–Trinajstić information content (AvgIpc) is 3.26. The van der Waals surface area contributed by atoms with E-state index in [9.17, 15) is 9.59 Å². The number of rotatable bonds is 10. The van der Waals surface area contributed by atoms with Crippen LogP contribution in [-0.2, 0) is 9.47 Å². The van der Waals surface area contributed by atoms with Gasteiger partial charge in [0.15, 0.2) is 17.2 Å². The molecule has 0 N–H and O–H groups in total. The number of carbonyl (C=O) groups is 2. The predicted molar refractivity (Wildman–Crippen MR) is 127 cm³/mol. The molecule has 3 aromatic rings. The normalized spacial score (nSPS) is 10.8. The molecule has 0 saturated heterocycles. The molecule has 0 amide bonds. The molecule has 9 nitrogen and oxygen atoms in total. The van der Waals surface area contributed by atoms with E-state index in [0.29, 0.717) is 29.4 Å². The summed E-state index contributed by atoms with van der Waals surface area (Å²) in [5, 5.41) is 4.65. The van der Waals surface area contributed by atoms with Gasteiger partial charge in [0.1, 0.15) is 11.3 Å². The van der Waals surface area contributed by atoms with E-state index in [1.807, 2.05) is 20.2 Å². The van der Waals surface area contributed by atoms with E-state index >= 15 is 0 Å². The molecule has 0 spiro atoms. The highest BCUT2D eigenvalue weighted by molar-refractivity contribution is 6.07. The van der Waals surface area contributed by atoms with E-state index in [2.05, 4.69) is 10.00 Å². The molecule has 0 saturated carbocycles. The van der Waals surface area contributed by atoms with Crippen LogP contribution in [0.5, 0.6) is 11.5 Å². The number of methoxy groups -OCH3 is 3. The standard InChI is InChI=1S/C25H29N3O6/c1-27(2)15-10-16-34-23-18(13-9-14-19(23)31-3)21-20(24(29)32-4)22(25(30)33-5)28(26-21)17-11-7-6-8-12-17/h6-9,11-14H,10,15-16H2,1-5H3. The second kappa shape index (κ2) is 11.3. The molecule has 0 aliphatic carbocycles. The van der Waals surface area contributed by atoms with Gasteiger partial charge < -0.3 is 23.8 Å². The highest BCUT2D eigenvalue weighted by atomic mass is 16.5. The van der Waals surface area contributed by atoms with Gasteiger partial charge >= 0.3 is 11.9 Å². The summed E-state index contributed by atoms with van der Waals surface area (Å²) in [5.74, 6) is -0.548. The lowest BCUT2D eigenvalue weighted by Crippen LogP contribution is -2.16. The maximum absolute atomic E-state index is 12.9. The molecular weight excluding hydrogens is 438 g/mol. The summed E-state index contributed by atoms with van der Waals surface area (Å²) in [6, 6.07) is 14.3. The number of esters is 2. The van der Waals surface area contributed by atoms with E-state index < -0.39 is 11.9 Å². The number of hydrogen-bond acceptors (Lipinski definition) is 8. The lowest BCUT2D eigenvalue weighted by atomic mass is 10.0. The Kier molecular flexibility index (Phi) is 8.26. The van der Waals surface area contributed by atoms with Crippen LogP contribution in [0.1, 0.15) is 27.3 Å². The van der Waals surface area contributed by atoms with Gasteiger partial charge in [-0.2, -0.15) is 5.10 Å². The van der Waals surface area contributed by atoms with Crippen LogP contribution in [0, 0.1) is 0 Å². The lowest BCUT2D eigenvalue weighted by Gasteiger charge is -2.16. The van der Waals surface area contributed by atoms with Crippen molar-refractivity contribution < 1.29 is 28.5 Å². The maximum atomic E-state index is 12.9. The third kappa shape index (κ3) is 5.20. The molecule has 0 unspecified atom stereocenters. The third-order valence-electron chi connectivity index (χ3n) is 5.10. The summed E-state index contributed by atoms with van der Waals surface area (Å²) in [6.45, 7) is 1.26. The van der Waals surface area contributed by atoms with E-state index in [1.165, 1.54) is 26.0 Å². The van der Waals surface area contributed by atoms with Crippen molar-refractivity contribution in [2.45, 2.75) is 6.42 Å². The Morgan fingerprint density at radius 1 is 0.941 bits per heavy atom. The van der Waals surface area contributed by atoms with Crippen molar-refractivity contribution in [2.24, 2.45) is 0 Å². The lowest BCUT2D eigenvalue weighted by molar-refractivity contribution is 0.0549. The molecule has 9 heteroatoms. The van der Waals surface area contributed by atoms with Crippen LogP contribution in [0.15, 0.2) is 48.5 Å². The molecule has 3 rings (SSSR count). The molecule has 0 aliphatic heterocycles. The molecule has 34 heavy (non-hydrogen) atoms. The van der Waals surface area contributed by atoms with Crippen LogP contribution in [0.25, 0.3) is 16.9 Å². The Morgan fingerprint density at radius 3 is 2.26 bits per heavy atom. The molecule has 180 valence electrons. The Balaban J connectivity index is 2.24. The van der Waals surface area contributed by atoms with Crippen LogP contribution >= 0.6 is 0 Å². The van der Waals surface area contributed by atoms with Gasteiger partial charge in [-0.15, -0.1) is 0 Å². The Hall–Kier alpha value is -3.85. The van der Waals surface area contributed by atoms with Gasteiger partial charge in [-0.1, -0.05) is 24.3 Å². The number of hydrogen-bond donors (Lipinski definition) is 0. The predicted octanol–water partition coefficient (Wildman–Crippen LogP) is 3.45. The summed E-state index contributed by atoms with van der Waals surface area (Å²) < 4.78 is 23.0. The number of aromatic nitrogens is 2. The third-order valence-corrected chi connectivity index (χ3v) is 5.10. The molecule has 0 bridgehead atoms. The average molecular weight is 468 g/mol. The maximum Gasteiger partial charge on any atom is 0.357 e. The van der Waals surface area contributed by atoms with Gasteiger partial charge in [0, 0.05) is 12.1 Å². The quantitative estimate of drug-likeness (QED) is 0.331. The number of carbonyl (C=O) groups excluding carboxylic acids is 2. The van der Waals surface area contributed by atoms with Crippen molar-refractivity contribution in [3.63, 3.8) is 0 Å². The summed E-state index contributed by atoms with van der Waals surface area (Å²) in [4.78, 5) is 27.8. The van der Waals surface area contributed by atoms with Gasteiger partial charge in [0.05, 0.1) is 33.6 Å². The number of benzene rings is 2. The summed E-state index contributed by atoms with van der Waals surface area (Å²) in [6.07, 6.45) is 0.778. The highest BCUT2D eigenvalue weighted by Crippen LogP contribution is 2.40. The SMILES string of the molecule is COC(=O)c1c(-c2cccc(OC)c2OCCCN(C)C)nn(-c2ccccc2)c1C(=O)OC. The fraction of sp³-hybridized carbons (Fsp3) is 0.320. The van der Waals surface area contributed by atoms with Crippen molar-refractivity contribution in [3.8, 4) is 28.4 Å². The highest BCUT2D eigenvalue weighted by Gasteiger charge is 2.33. The van der Waals surface area contributed by atoms with Gasteiger partial charge in [0.2, 0.25) is 0 Å². The minimum atomic E-state index is -0.723. The molecule has 0 aliphatic rings. The molecule has 0 fully saturated rings. The van der Waals surface area contributed by atoms with Crippen LogP contribution in [-0.4, -0.2) is 75.2 Å². The van der Waals surface area contributed by atoms with Gasteiger partial charge in [0.25, 0.3) is 0 Å². The second-order valence-corrected chi connectivity index (χ2v) is 7.64. The molecule has 0 radical (unpaired) electrons. The van der Waals surface area contributed by atoms with Crippen LogP contribution in [0.2, 0.25) is 0 Å². The smallest absolute Gasteiger partial charge is 0.357 e. The van der Waals surface area contributed by atoms with Crippen molar-refractivity contribution in [1.82, 2.24) is 14.7 Å². The monoisotopic (exact) mass is 467 g/mol. The van der Waals surface area contributed by atoms with Gasteiger partial charge in [-0.25, -0.2) is 14.3 Å². The minimum absolute atomic E-state index is 0.0235. The number of para-hydroxylation sites is 2. The Labute approximate surface area is 198 Å². The zero-order chi connectivity index (χ0) is 24.7. The zero-order valence-electron chi connectivity index (χ0n) is 20.0. The van der Waals surface area contributed by atoms with Gasteiger partial charge in [-0.3, -0.25) is 0 Å². The number of ether oxygens (including phenoxy) is 4. The van der Waals surface area contributed by atoms with E-state index in [4.69, 9.17) is 18.9 Å². The fourth-order valence-corrected chi connectivity index (χ4v) is 3.51. The Morgan fingerprint density at radius 2 is 1.65 bits per heavy atom. The Bertz CT molecular complexity index is 1140. The minimum Gasteiger partial charge on any atom is -0.493 e. The largest absolute Gasteiger partial charge is 0.493 e. The van der Waals surface area contributed by atoms with E-state index in [0.717, 1.165) is 13.0 Å². The topological polar surface area (TPSA) is 92.1 Å². The number of nitrogens with zero attached hydrogens (tertiary/aromatic N) is 3. The first-order valence-corrected chi connectivity index (χ1v) is 10.7. The molecule has 1 aromatic heterocycles. The summed E-state index contributed by atoms with van der Waals surface area (Å²) >= 11 is 0. The molecule has 2 aromatic carbocycles. The van der Waals surface area contributed by atoms with Crippen LogP contribution in [0.3, 0.4) is 0 Å². The summed E-state index contributed by atoms with van der Waals surface area (Å²) in [7, 11) is 8.01. The van der Waals surface area contributed by atoms with E-state index in [-0.39, 0.29) is 17.0 Å². The first-order chi connectivity index (χ1) is 16.4. The van der Waals surface area contributed by atoms with Crippen LogP contribution in [0.4, 0.5) is 0 Å². The molecule has 0 atom stereocenters. The molecule has 1 heterocycles. The summed E-state index contributed by atoms with van der Waals surface area (Å²) in [5.41, 5.74) is 1.22. The van der Waals surface area contributed by atoms with Crippen molar-refractivity contribution in [3.05, 3.63) is 59.8 Å². The van der Waals surface area contributed by atoms with E-state index in [1.54, 1.807) is 42.5 Å². The molecular formula is C25H29N3O6. The van der Waals surface area contributed by atoms with Crippen LogP contribution < -0.4 is 9.47 Å².